The van der Waals surface area contributed by atoms with Crippen LogP contribution in [0.5, 0.6) is 5.75 Å². The van der Waals surface area contributed by atoms with Gasteiger partial charge in [-0.1, -0.05) is 6.07 Å². The molecule has 1 fully saturated rings. The summed E-state index contributed by atoms with van der Waals surface area (Å²) in [5.41, 5.74) is 0.489. The Labute approximate surface area is 86.9 Å². The summed E-state index contributed by atoms with van der Waals surface area (Å²) < 4.78 is 25.8. The van der Waals surface area contributed by atoms with Crippen molar-refractivity contribution in [1.29, 1.82) is 0 Å². The molecule has 1 saturated heterocycles. The van der Waals surface area contributed by atoms with E-state index in [9.17, 15) is 13.9 Å². The van der Waals surface area contributed by atoms with Crippen LogP contribution in [-0.4, -0.2) is 18.2 Å². The molecule has 0 aliphatic carbocycles. The maximum absolute atomic E-state index is 13.0. The summed E-state index contributed by atoms with van der Waals surface area (Å²) in [5.74, 6) is -2.28. The quantitative estimate of drug-likeness (QED) is 0.785. The van der Waals surface area contributed by atoms with E-state index in [1.807, 2.05) is 0 Å². The summed E-state index contributed by atoms with van der Waals surface area (Å²) in [5, 5.41) is 12.6. The Balaban J connectivity index is 2.17. The van der Waals surface area contributed by atoms with Gasteiger partial charge in [0.25, 0.3) is 0 Å². The molecule has 1 aromatic rings. The number of hydrogen-bond acceptors (Lipinski definition) is 2. The minimum absolute atomic E-state index is 0.403. The number of phenolic OH excluding ortho intramolecular Hbond substituents is 1. The molecule has 2 rings (SSSR count). The summed E-state index contributed by atoms with van der Waals surface area (Å²) >= 11 is 0. The lowest BCUT2D eigenvalue weighted by Gasteiger charge is -2.10. The van der Waals surface area contributed by atoms with Gasteiger partial charge in [-0.25, -0.2) is 4.39 Å². The Morgan fingerprint density at radius 3 is 2.87 bits per heavy atom. The maximum atomic E-state index is 13.0. The molecule has 0 aromatic heterocycles. The molecule has 4 heteroatoms. The zero-order valence-corrected chi connectivity index (χ0v) is 8.26. The zero-order valence-electron chi connectivity index (χ0n) is 8.26. The van der Waals surface area contributed by atoms with Gasteiger partial charge in [-0.15, -0.1) is 0 Å². The van der Waals surface area contributed by atoms with Crippen LogP contribution in [0.15, 0.2) is 12.1 Å². The van der Waals surface area contributed by atoms with Gasteiger partial charge in [0.2, 0.25) is 5.82 Å². The van der Waals surface area contributed by atoms with E-state index < -0.39 is 17.4 Å². The predicted octanol–water partition coefficient (Wildman–Crippen LogP) is 1.82. The molecule has 0 amide bonds. The van der Waals surface area contributed by atoms with Crippen molar-refractivity contribution in [3.63, 3.8) is 0 Å². The Bertz CT molecular complexity index is 362. The monoisotopic (exact) mass is 213 g/mol. The molecule has 0 saturated carbocycles. The second-order valence-electron chi connectivity index (χ2n) is 3.93. The molecular formula is C11H13F2NO. The number of halogens is 2. The minimum Gasteiger partial charge on any atom is -0.505 e. The Hall–Kier alpha value is -1.16. The van der Waals surface area contributed by atoms with Gasteiger partial charge in [-0.05, 0) is 43.5 Å². The van der Waals surface area contributed by atoms with Crippen LogP contribution in [-0.2, 0) is 6.42 Å². The molecule has 1 atom stereocenters. The summed E-state index contributed by atoms with van der Waals surface area (Å²) in [6, 6.07) is 2.51. The van der Waals surface area contributed by atoms with Crippen molar-refractivity contribution < 1.29 is 13.9 Å². The fourth-order valence-corrected chi connectivity index (χ4v) is 1.94. The van der Waals surface area contributed by atoms with Crippen molar-refractivity contribution in [3.05, 3.63) is 29.3 Å². The highest BCUT2D eigenvalue weighted by Crippen LogP contribution is 2.27. The molecule has 1 aliphatic heterocycles. The van der Waals surface area contributed by atoms with E-state index in [2.05, 4.69) is 5.32 Å². The van der Waals surface area contributed by atoms with E-state index >= 15 is 0 Å². The van der Waals surface area contributed by atoms with Gasteiger partial charge in [0.15, 0.2) is 11.6 Å². The Kier molecular flexibility index (Phi) is 2.86. The van der Waals surface area contributed by atoms with E-state index in [1.165, 1.54) is 6.07 Å². The molecule has 0 bridgehead atoms. The van der Waals surface area contributed by atoms with Gasteiger partial charge in [0.05, 0.1) is 0 Å². The van der Waals surface area contributed by atoms with Crippen LogP contribution in [0.2, 0.25) is 0 Å². The second-order valence-corrected chi connectivity index (χ2v) is 3.93. The van der Waals surface area contributed by atoms with Crippen molar-refractivity contribution in [2.45, 2.75) is 12.8 Å². The second kappa shape index (κ2) is 4.14. The highest BCUT2D eigenvalue weighted by Gasteiger charge is 2.19. The number of hydrogen-bond donors (Lipinski definition) is 2. The average Bonchev–Trinajstić information content (AvgIpc) is 2.72. The molecule has 0 spiro atoms. The van der Waals surface area contributed by atoms with E-state index in [4.69, 9.17) is 0 Å². The van der Waals surface area contributed by atoms with Crippen molar-refractivity contribution >= 4 is 0 Å². The van der Waals surface area contributed by atoms with Gasteiger partial charge < -0.3 is 10.4 Å². The largest absolute Gasteiger partial charge is 0.505 e. The number of phenols is 1. The summed E-state index contributed by atoms with van der Waals surface area (Å²) in [6.45, 7) is 1.83. The SMILES string of the molecule is Oc1c(CC2CCNC2)ccc(F)c1F. The third-order valence-electron chi connectivity index (χ3n) is 2.82. The maximum Gasteiger partial charge on any atom is 0.200 e. The van der Waals surface area contributed by atoms with Crippen molar-refractivity contribution in [1.82, 2.24) is 5.32 Å². The topological polar surface area (TPSA) is 32.3 Å². The Morgan fingerprint density at radius 2 is 2.20 bits per heavy atom. The van der Waals surface area contributed by atoms with Crippen molar-refractivity contribution in [3.8, 4) is 5.75 Å². The lowest BCUT2D eigenvalue weighted by molar-refractivity contribution is 0.397. The first-order valence-electron chi connectivity index (χ1n) is 5.05. The predicted molar refractivity (Wildman–Crippen MR) is 52.7 cm³/mol. The van der Waals surface area contributed by atoms with E-state index in [0.29, 0.717) is 17.9 Å². The summed E-state index contributed by atoms with van der Waals surface area (Å²) in [7, 11) is 0. The van der Waals surface area contributed by atoms with E-state index in [1.54, 1.807) is 0 Å². The molecular weight excluding hydrogens is 200 g/mol. The van der Waals surface area contributed by atoms with Gasteiger partial charge in [0.1, 0.15) is 0 Å². The van der Waals surface area contributed by atoms with E-state index in [0.717, 1.165) is 25.6 Å². The van der Waals surface area contributed by atoms with Crippen molar-refractivity contribution in [2.24, 2.45) is 5.92 Å². The first-order valence-corrected chi connectivity index (χ1v) is 5.05. The normalized spacial score (nSPS) is 20.8. The number of rotatable bonds is 2. The highest BCUT2D eigenvalue weighted by atomic mass is 19.2. The molecule has 15 heavy (non-hydrogen) atoms. The fourth-order valence-electron chi connectivity index (χ4n) is 1.94. The van der Waals surface area contributed by atoms with Crippen LogP contribution in [0.4, 0.5) is 8.78 Å². The molecule has 82 valence electrons. The van der Waals surface area contributed by atoms with Crippen LogP contribution in [0, 0.1) is 17.6 Å². The molecule has 1 heterocycles. The lowest BCUT2D eigenvalue weighted by atomic mass is 9.98. The highest BCUT2D eigenvalue weighted by molar-refractivity contribution is 5.34. The van der Waals surface area contributed by atoms with Crippen LogP contribution in [0.3, 0.4) is 0 Å². The molecule has 2 N–H and O–H groups in total. The van der Waals surface area contributed by atoms with Gasteiger partial charge >= 0.3 is 0 Å². The molecule has 0 radical (unpaired) electrons. The van der Waals surface area contributed by atoms with Gasteiger partial charge in [0, 0.05) is 0 Å². The molecule has 1 unspecified atom stereocenters. The van der Waals surface area contributed by atoms with Crippen LogP contribution < -0.4 is 5.32 Å². The lowest BCUT2D eigenvalue weighted by Crippen LogP contribution is -2.11. The number of aromatic hydroxyl groups is 1. The van der Waals surface area contributed by atoms with Crippen LogP contribution >= 0.6 is 0 Å². The van der Waals surface area contributed by atoms with Gasteiger partial charge in [-0.2, -0.15) is 4.39 Å². The summed E-state index contributed by atoms with van der Waals surface area (Å²) in [4.78, 5) is 0. The molecule has 1 aliphatic rings. The minimum atomic E-state index is -1.14. The first-order chi connectivity index (χ1) is 7.18. The standard InChI is InChI=1S/C11H13F2NO/c12-9-2-1-8(11(15)10(9)13)5-7-3-4-14-6-7/h1-2,7,14-15H,3-6H2. The summed E-state index contributed by atoms with van der Waals surface area (Å²) in [6.07, 6.45) is 1.61. The zero-order chi connectivity index (χ0) is 10.8. The first kappa shape index (κ1) is 10.4. The smallest absolute Gasteiger partial charge is 0.200 e. The number of nitrogens with one attached hydrogen (secondary N) is 1. The third kappa shape index (κ3) is 2.09. The van der Waals surface area contributed by atoms with Crippen LogP contribution in [0.25, 0.3) is 0 Å². The fraction of sp³-hybridized carbons (Fsp3) is 0.455. The average molecular weight is 213 g/mol. The van der Waals surface area contributed by atoms with Crippen molar-refractivity contribution in [2.75, 3.05) is 13.1 Å². The van der Waals surface area contributed by atoms with Crippen LogP contribution in [0.1, 0.15) is 12.0 Å². The Morgan fingerprint density at radius 1 is 1.40 bits per heavy atom. The van der Waals surface area contributed by atoms with E-state index in [-0.39, 0.29) is 0 Å². The number of benzene rings is 1. The molecule has 2 nitrogen and oxygen atoms in total. The third-order valence-corrected chi connectivity index (χ3v) is 2.82. The molecule has 1 aromatic carbocycles. The van der Waals surface area contributed by atoms with Gasteiger partial charge in [-0.3, -0.25) is 0 Å².